The Bertz CT molecular complexity index is 1390. The Kier molecular flexibility index (Phi) is 9.47. The molecule has 4 rings (SSSR count). The maximum atomic E-state index is 13.4. The third-order valence-electron chi connectivity index (χ3n) is 6.83. The lowest BCUT2D eigenvalue weighted by Crippen LogP contribution is -2.50. The molecule has 13 heteroatoms. The summed E-state index contributed by atoms with van der Waals surface area (Å²) in [6.07, 6.45) is -10.1. The summed E-state index contributed by atoms with van der Waals surface area (Å²) in [5.41, 5.74) is -2.74. The van der Waals surface area contributed by atoms with Crippen molar-refractivity contribution in [2.75, 3.05) is 39.3 Å². The van der Waals surface area contributed by atoms with Gasteiger partial charge in [-0.2, -0.15) is 26.3 Å². The van der Waals surface area contributed by atoms with Crippen LogP contribution in [0.2, 0.25) is 5.02 Å². The molecule has 0 saturated carbocycles. The number of piperazine rings is 1. The standard InChI is InChI=1S/C29H25ClF7N3O2/c30-24-3-1-2-20(16-24)26(41)40(18-19-4-6-25(31)7-5-19)13-10-38-8-11-39(12-9-38)27(42)21-14-22(28(32,33)34)17-23(15-21)29(35,36)37/h1-7,14-17H,8-13,18H2. The normalized spacial score (nSPS) is 14.6. The number of amides is 2. The van der Waals surface area contributed by atoms with Crippen LogP contribution in [0, 0.1) is 5.82 Å². The highest BCUT2D eigenvalue weighted by molar-refractivity contribution is 6.30. The Morgan fingerprint density at radius 1 is 0.786 bits per heavy atom. The molecule has 0 N–H and O–H groups in total. The van der Waals surface area contributed by atoms with Crippen LogP contribution in [-0.2, 0) is 18.9 Å². The van der Waals surface area contributed by atoms with E-state index in [0.29, 0.717) is 34.8 Å². The van der Waals surface area contributed by atoms with Gasteiger partial charge in [-0.15, -0.1) is 0 Å². The van der Waals surface area contributed by atoms with Crippen molar-refractivity contribution in [1.29, 1.82) is 0 Å². The lowest BCUT2D eigenvalue weighted by atomic mass is 10.0. The van der Waals surface area contributed by atoms with E-state index in [4.69, 9.17) is 11.6 Å². The molecule has 0 aromatic heterocycles. The maximum absolute atomic E-state index is 13.4. The van der Waals surface area contributed by atoms with Crippen molar-refractivity contribution in [3.63, 3.8) is 0 Å². The molecule has 0 aliphatic carbocycles. The monoisotopic (exact) mass is 615 g/mol. The van der Waals surface area contributed by atoms with E-state index in [1.165, 1.54) is 23.1 Å². The smallest absolute Gasteiger partial charge is 0.336 e. The topological polar surface area (TPSA) is 43.9 Å². The Labute approximate surface area is 242 Å². The summed E-state index contributed by atoms with van der Waals surface area (Å²) in [5.74, 6) is -1.65. The fourth-order valence-electron chi connectivity index (χ4n) is 4.56. The SMILES string of the molecule is O=C(c1cc(C(F)(F)F)cc(C(F)(F)F)c1)N1CCN(CCN(Cc2ccc(F)cc2)C(=O)c2cccc(Cl)c2)CC1. The molecule has 0 spiro atoms. The van der Waals surface area contributed by atoms with Crippen LogP contribution in [0.5, 0.6) is 0 Å². The van der Waals surface area contributed by atoms with Gasteiger partial charge in [0, 0.05) is 62.0 Å². The van der Waals surface area contributed by atoms with Crippen LogP contribution in [0.4, 0.5) is 30.7 Å². The Morgan fingerprint density at radius 2 is 1.38 bits per heavy atom. The van der Waals surface area contributed by atoms with Gasteiger partial charge in [0.2, 0.25) is 0 Å². The second-order valence-electron chi connectivity index (χ2n) is 9.79. The number of alkyl halides is 6. The van der Waals surface area contributed by atoms with Crippen LogP contribution in [0.15, 0.2) is 66.7 Å². The van der Waals surface area contributed by atoms with Gasteiger partial charge < -0.3 is 9.80 Å². The number of hydrogen-bond donors (Lipinski definition) is 0. The molecule has 224 valence electrons. The third-order valence-corrected chi connectivity index (χ3v) is 7.06. The lowest BCUT2D eigenvalue weighted by molar-refractivity contribution is -0.143. The average Bonchev–Trinajstić information content (AvgIpc) is 2.94. The van der Waals surface area contributed by atoms with E-state index in [-0.39, 0.29) is 51.2 Å². The summed E-state index contributed by atoms with van der Waals surface area (Å²) in [6, 6.07) is 13.0. The molecule has 1 heterocycles. The summed E-state index contributed by atoms with van der Waals surface area (Å²) < 4.78 is 92.8. The minimum atomic E-state index is -5.06. The summed E-state index contributed by atoms with van der Waals surface area (Å²) in [7, 11) is 0. The van der Waals surface area contributed by atoms with Gasteiger partial charge in [-0.3, -0.25) is 14.5 Å². The second kappa shape index (κ2) is 12.7. The Morgan fingerprint density at radius 3 is 1.93 bits per heavy atom. The van der Waals surface area contributed by atoms with Gasteiger partial charge in [-0.1, -0.05) is 29.8 Å². The lowest BCUT2D eigenvalue weighted by Gasteiger charge is -2.36. The van der Waals surface area contributed by atoms with E-state index < -0.39 is 40.8 Å². The van der Waals surface area contributed by atoms with E-state index in [1.54, 1.807) is 35.2 Å². The quantitative estimate of drug-likeness (QED) is 0.281. The molecule has 0 unspecified atom stereocenters. The van der Waals surface area contributed by atoms with Gasteiger partial charge in [0.15, 0.2) is 0 Å². The van der Waals surface area contributed by atoms with E-state index in [9.17, 15) is 40.3 Å². The first-order valence-corrected chi connectivity index (χ1v) is 13.2. The van der Waals surface area contributed by atoms with Crippen LogP contribution in [0.3, 0.4) is 0 Å². The zero-order valence-electron chi connectivity index (χ0n) is 22.0. The van der Waals surface area contributed by atoms with Crippen LogP contribution in [0.25, 0.3) is 0 Å². The zero-order chi connectivity index (χ0) is 30.7. The number of rotatable bonds is 7. The van der Waals surface area contributed by atoms with Gasteiger partial charge in [0.05, 0.1) is 11.1 Å². The number of hydrogen-bond acceptors (Lipinski definition) is 3. The molecule has 3 aromatic carbocycles. The van der Waals surface area contributed by atoms with Crippen LogP contribution < -0.4 is 0 Å². The molecule has 1 aliphatic heterocycles. The first-order valence-electron chi connectivity index (χ1n) is 12.8. The van der Waals surface area contributed by atoms with Crippen molar-refractivity contribution in [1.82, 2.24) is 14.7 Å². The van der Waals surface area contributed by atoms with E-state index in [0.717, 1.165) is 0 Å². The first-order chi connectivity index (χ1) is 19.7. The molecule has 5 nitrogen and oxygen atoms in total. The van der Waals surface area contributed by atoms with Crippen molar-refractivity contribution < 1.29 is 40.3 Å². The molecule has 0 atom stereocenters. The molecular weight excluding hydrogens is 591 g/mol. The van der Waals surface area contributed by atoms with E-state index in [1.807, 2.05) is 4.90 Å². The minimum absolute atomic E-state index is 0.0168. The molecule has 1 fully saturated rings. The molecule has 1 saturated heterocycles. The third kappa shape index (κ3) is 8.01. The van der Waals surface area contributed by atoms with Crippen molar-refractivity contribution in [2.24, 2.45) is 0 Å². The highest BCUT2D eigenvalue weighted by atomic mass is 35.5. The van der Waals surface area contributed by atoms with Crippen LogP contribution >= 0.6 is 11.6 Å². The molecule has 0 radical (unpaired) electrons. The zero-order valence-corrected chi connectivity index (χ0v) is 22.7. The van der Waals surface area contributed by atoms with E-state index >= 15 is 0 Å². The van der Waals surface area contributed by atoms with Crippen LogP contribution in [0.1, 0.15) is 37.4 Å². The molecule has 1 aliphatic rings. The summed E-state index contributed by atoms with van der Waals surface area (Å²) in [5, 5.41) is 0.381. The summed E-state index contributed by atoms with van der Waals surface area (Å²) in [4.78, 5) is 30.9. The van der Waals surface area contributed by atoms with Crippen molar-refractivity contribution in [3.05, 3.63) is 105 Å². The molecule has 0 bridgehead atoms. The number of halogens is 8. The summed E-state index contributed by atoms with van der Waals surface area (Å²) >= 11 is 6.05. The van der Waals surface area contributed by atoms with Crippen molar-refractivity contribution >= 4 is 23.4 Å². The molecule has 3 aromatic rings. The summed E-state index contributed by atoms with van der Waals surface area (Å²) in [6.45, 7) is 1.50. The fraction of sp³-hybridized carbons (Fsp3) is 0.310. The fourth-order valence-corrected chi connectivity index (χ4v) is 4.75. The van der Waals surface area contributed by atoms with Gasteiger partial charge in [-0.05, 0) is 54.1 Å². The average molecular weight is 616 g/mol. The van der Waals surface area contributed by atoms with Crippen molar-refractivity contribution in [3.8, 4) is 0 Å². The number of benzene rings is 3. The van der Waals surface area contributed by atoms with Gasteiger partial charge in [-0.25, -0.2) is 4.39 Å². The van der Waals surface area contributed by atoms with Crippen molar-refractivity contribution in [2.45, 2.75) is 18.9 Å². The largest absolute Gasteiger partial charge is 0.416 e. The second-order valence-corrected chi connectivity index (χ2v) is 10.2. The van der Waals surface area contributed by atoms with E-state index in [2.05, 4.69) is 0 Å². The highest BCUT2D eigenvalue weighted by Crippen LogP contribution is 2.36. The number of nitrogens with zero attached hydrogens (tertiary/aromatic N) is 3. The molecular formula is C29H25ClF7N3O2. The molecule has 2 amide bonds. The maximum Gasteiger partial charge on any atom is 0.416 e. The Balaban J connectivity index is 1.42. The predicted molar refractivity (Wildman–Crippen MR) is 141 cm³/mol. The van der Waals surface area contributed by atoms with Gasteiger partial charge in [0.25, 0.3) is 11.8 Å². The number of carbonyl (C=O) groups excluding carboxylic acids is 2. The first kappa shape index (κ1) is 31.3. The minimum Gasteiger partial charge on any atom is -0.336 e. The Hall–Kier alpha value is -3.64. The molecule has 42 heavy (non-hydrogen) atoms. The van der Waals surface area contributed by atoms with Gasteiger partial charge in [0.1, 0.15) is 5.82 Å². The number of carbonyl (C=O) groups is 2. The van der Waals surface area contributed by atoms with Gasteiger partial charge >= 0.3 is 12.4 Å². The van der Waals surface area contributed by atoms with Crippen LogP contribution in [-0.4, -0.2) is 65.8 Å². The highest BCUT2D eigenvalue weighted by Gasteiger charge is 2.38. The predicted octanol–water partition coefficient (Wildman–Crippen LogP) is 6.62.